The van der Waals surface area contributed by atoms with Gasteiger partial charge in [0.2, 0.25) is 0 Å². The van der Waals surface area contributed by atoms with Crippen molar-refractivity contribution in [3.8, 4) is 6.07 Å². The van der Waals surface area contributed by atoms with Crippen LogP contribution in [0.15, 0.2) is 11.0 Å². The van der Waals surface area contributed by atoms with E-state index in [4.69, 9.17) is 11.0 Å². The molecule has 1 heterocycles. The van der Waals surface area contributed by atoms with Gasteiger partial charge in [-0.1, -0.05) is 0 Å². The molecule has 40 valence electrons. The first-order chi connectivity index (χ1) is 3.84. The first kappa shape index (κ1) is 5.43. The number of nitrogen functional groups attached to an aromatic ring is 1. The van der Waals surface area contributed by atoms with Crippen LogP contribution in [-0.4, -0.2) is 14.5 Å². The molecule has 1 rings (SSSR count). The molecule has 0 saturated heterocycles. The summed E-state index contributed by atoms with van der Waals surface area (Å²) in [5, 5.41) is 8.32. The van der Waals surface area contributed by atoms with Gasteiger partial charge in [0.15, 0.2) is 0 Å². The van der Waals surface area contributed by atoms with E-state index in [1.54, 1.807) is 6.07 Å². The first-order valence-corrected chi connectivity index (χ1v) is 3.92. The molecule has 0 aliphatic carbocycles. The van der Waals surface area contributed by atoms with E-state index >= 15 is 0 Å². The standard InChI is InChI=1S/C5H4N2Se/c6-3-5-4(7)1-2-8-5/h1-2H,7H2. The van der Waals surface area contributed by atoms with E-state index in [0.29, 0.717) is 5.69 Å². The van der Waals surface area contributed by atoms with Crippen LogP contribution >= 0.6 is 0 Å². The molecule has 3 heteroatoms. The van der Waals surface area contributed by atoms with Crippen LogP contribution in [0.25, 0.3) is 0 Å². The molecule has 0 aliphatic heterocycles. The Labute approximate surface area is 53.3 Å². The molecule has 2 N–H and O–H groups in total. The number of nitrogens with zero attached hydrogens (tertiary/aromatic N) is 1. The van der Waals surface area contributed by atoms with Gasteiger partial charge in [-0.05, 0) is 0 Å². The fourth-order valence-electron chi connectivity index (χ4n) is 0.410. The van der Waals surface area contributed by atoms with Crippen molar-refractivity contribution in [1.82, 2.24) is 0 Å². The van der Waals surface area contributed by atoms with Gasteiger partial charge in [-0.2, -0.15) is 0 Å². The molecular weight excluding hydrogens is 167 g/mol. The SMILES string of the molecule is N#Cc1[se]ccc1N. The van der Waals surface area contributed by atoms with E-state index in [0.717, 1.165) is 4.44 Å². The van der Waals surface area contributed by atoms with Crippen molar-refractivity contribution in [1.29, 1.82) is 5.26 Å². The molecule has 0 saturated carbocycles. The Bertz CT molecular complexity index is 221. The third kappa shape index (κ3) is 0.764. The van der Waals surface area contributed by atoms with Gasteiger partial charge >= 0.3 is 52.7 Å². The zero-order chi connectivity index (χ0) is 5.98. The molecule has 0 unspecified atom stereocenters. The van der Waals surface area contributed by atoms with Gasteiger partial charge in [-0.25, -0.2) is 0 Å². The maximum absolute atomic E-state index is 8.32. The zero-order valence-electron chi connectivity index (χ0n) is 4.09. The van der Waals surface area contributed by atoms with Crippen molar-refractivity contribution >= 4 is 20.2 Å². The number of hydrogen-bond acceptors (Lipinski definition) is 2. The monoisotopic (exact) mass is 172 g/mol. The second-order valence-corrected chi connectivity index (χ2v) is 3.24. The molecule has 0 fully saturated rings. The van der Waals surface area contributed by atoms with Crippen LogP contribution in [-0.2, 0) is 0 Å². The van der Waals surface area contributed by atoms with Gasteiger partial charge < -0.3 is 0 Å². The van der Waals surface area contributed by atoms with Crippen LogP contribution in [0, 0.1) is 11.3 Å². The molecule has 0 atom stereocenters. The molecule has 0 radical (unpaired) electrons. The molecule has 8 heavy (non-hydrogen) atoms. The molecule has 2 nitrogen and oxygen atoms in total. The molecule has 1 aromatic rings. The van der Waals surface area contributed by atoms with Crippen LogP contribution in [0.2, 0.25) is 0 Å². The summed E-state index contributed by atoms with van der Waals surface area (Å²) in [7, 11) is 0. The van der Waals surface area contributed by atoms with Crippen LogP contribution in [0.4, 0.5) is 5.69 Å². The molecular formula is C5H4N2Se. The van der Waals surface area contributed by atoms with Crippen LogP contribution in [0.3, 0.4) is 0 Å². The molecule has 0 bridgehead atoms. The summed E-state index contributed by atoms with van der Waals surface area (Å²) < 4.78 is 0.748. The van der Waals surface area contributed by atoms with Gasteiger partial charge in [0.05, 0.1) is 0 Å². The first-order valence-electron chi connectivity index (χ1n) is 2.07. The van der Waals surface area contributed by atoms with E-state index in [2.05, 4.69) is 0 Å². The van der Waals surface area contributed by atoms with Crippen molar-refractivity contribution in [2.45, 2.75) is 0 Å². The van der Waals surface area contributed by atoms with Crippen molar-refractivity contribution in [2.75, 3.05) is 5.73 Å². The Balaban J connectivity index is 3.15. The average Bonchev–Trinajstić information content (AvgIpc) is 2.14. The summed E-state index contributed by atoms with van der Waals surface area (Å²) in [6.45, 7) is 0. The summed E-state index contributed by atoms with van der Waals surface area (Å²) in [5.41, 5.74) is 6.02. The van der Waals surface area contributed by atoms with Crippen molar-refractivity contribution in [3.05, 3.63) is 15.4 Å². The van der Waals surface area contributed by atoms with Crippen LogP contribution in [0.5, 0.6) is 0 Å². The number of hydrogen-bond donors (Lipinski definition) is 1. The third-order valence-corrected chi connectivity index (χ3v) is 2.55. The average molecular weight is 171 g/mol. The van der Waals surface area contributed by atoms with Gasteiger partial charge in [0, 0.05) is 0 Å². The fraction of sp³-hybridized carbons (Fsp3) is 0. The molecule has 0 aliphatic rings. The van der Waals surface area contributed by atoms with E-state index in [9.17, 15) is 0 Å². The van der Waals surface area contributed by atoms with Gasteiger partial charge in [0.25, 0.3) is 0 Å². The van der Waals surface area contributed by atoms with Crippen molar-refractivity contribution in [3.63, 3.8) is 0 Å². The summed E-state index contributed by atoms with van der Waals surface area (Å²) in [4.78, 5) is 1.95. The van der Waals surface area contributed by atoms with Crippen molar-refractivity contribution in [2.24, 2.45) is 0 Å². The molecule has 0 aromatic carbocycles. The summed E-state index contributed by atoms with van der Waals surface area (Å²) in [5.74, 6) is 0. The van der Waals surface area contributed by atoms with E-state index in [-0.39, 0.29) is 14.5 Å². The van der Waals surface area contributed by atoms with E-state index in [1.807, 2.05) is 11.0 Å². The summed E-state index contributed by atoms with van der Waals surface area (Å²) in [6.07, 6.45) is 0. The quantitative estimate of drug-likeness (QED) is 0.566. The third-order valence-electron chi connectivity index (χ3n) is 0.797. The van der Waals surface area contributed by atoms with Crippen molar-refractivity contribution < 1.29 is 0 Å². The Hall–Kier alpha value is -0.711. The molecule has 0 spiro atoms. The van der Waals surface area contributed by atoms with Crippen LogP contribution in [0.1, 0.15) is 4.44 Å². The second kappa shape index (κ2) is 2.04. The van der Waals surface area contributed by atoms with Gasteiger partial charge in [0.1, 0.15) is 0 Å². The normalized spacial score (nSPS) is 8.38. The number of nitrogens with two attached hydrogens (primary N) is 1. The maximum atomic E-state index is 8.32. The molecule has 0 amide bonds. The zero-order valence-corrected chi connectivity index (χ0v) is 5.80. The van der Waals surface area contributed by atoms with Gasteiger partial charge in [-0.15, -0.1) is 0 Å². The summed E-state index contributed by atoms with van der Waals surface area (Å²) in [6, 6.07) is 3.82. The number of rotatable bonds is 0. The van der Waals surface area contributed by atoms with E-state index < -0.39 is 0 Å². The van der Waals surface area contributed by atoms with Crippen LogP contribution < -0.4 is 5.73 Å². The van der Waals surface area contributed by atoms with E-state index in [1.165, 1.54) is 0 Å². The fourth-order valence-corrected chi connectivity index (χ4v) is 1.68. The Morgan fingerprint density at radius 1 is 1.75 bits per heavy atom. The number of anilines is 1. The predicted octanol–water partition coefficient (Wildman–Crippen LogP) is 0.197. The topological polar surface area (TPSA) is 49.8 Å². The minimum absolute atomic E-state index is 0.221. The Morgan fingerprint density at radius 2 is 2.50 bits per heavy atom. The molecule has 1 aromatic heterocycles. The second-order valence-electron chi connectivity index (χ2n) is 1.32. The summed E-state index contributed by atoms with van der Waals surface area (Å²) >= 11 is 0.221. The number of nitriles is 1. The minimum atomic E-state index is 0.221. The predicted molar refractivity (Wildman–Crippen MR) is 32.5 cm³/mol. The Kier molecular flexibility index (Phi) is 1.38. The Morgan fingerprint density at radius 3 is 2.75 bits per heavy atom. The van der Waals surface area contributed by atoms with Gasteiger partial charge in [-0.3, -0.25) is 0 Å².